The Balaban J connectivity index is 2.15. The summed E-state index contributed by atoms with van der Waals surface area (Å²) in [7, 11) is 2.55. The second-order valence-electron chi connectivity index (χ2n) is 7.03. The Bertz CT molecular complexity index is 1030. The Morgan fingerprint density at radius 1 is 0.967 bits per heavy atom. The van der Waals surface area contributed by atoms with Gasteiger partial charge >= 0.3 is 11.9 Å². The van der Waals surface area contributed by atoms with Crippen molar-refractivity contribution in [2.75, 3.05) is 20.0 Å². The van der Waals surface area contributed by atoms with Crippen molar-refractivity contribution in [2.45, 2.75) is 18.7 Å². The van der Waals surface area contributed by atoms with E-state index in [0.717, 1.165) is 10.6 Å². The highest BCUT2D eigenvalue weighted by atomic mass is 32.2. The number of aromatic nitrogens is 2. The monoisotopic (exact) mass is 424 g/mol. The van der Waals surface area contributed by atoms with E-state index in [0.29, 0.717) is 22.9 Å². The first-order valence-electron chi connectivity index (χ1n) is 9.54. The lowest BCUT2D eigenvalue weighted by Crippen LogP contribution is -2.15. The van der Waals surface area contributed by atoms with Gasteiger partial charge < -0.3 is 9.47 Å². The van der Waals surface area contributed by atoms with Gasteiger partial charge in [-0.3, -0.25) is 0 Å². The number of rotatable bonds is 7. The Morgan fingerprint density at radius 3 is 2.17 bits per heavy atom. The van der Waals surface area contributed by atoms with Crippen LogP contribution in [0.1, 0.15) is 34.7 Å². The van der Waals surface area contributed by atoms with Crippen LogP contribution in [0.2, 0.25) is 0 Å². The highest BCUT2D eigenvalue weighted by Crippen LogP contribution is 2.31. The first-order chi connectivity index (χ1) is 14.5. The Kier molecular flexibility index (Phi) is 6.95. The van der Waals surface area contributed by atoms with Crippen molar-refractivity contribution in [1.82, 2.24) is 9.78 Å². The van der Waals surface area contributed by atoms with Crippen LogP contribution in [-0.4, -0.2) is 41.7 Å². The number of carbonyl (C=O) groups excluding carboxylic acids is 2. The summed E-state index contributed by atoms with van der Waals surface area (Å²) >= 11 is 1.77. The normalized spacial score (nSPS) is 10.8. The number of methoxy groups -OCH3 is 2. The molecule has 0 unspecified atom stereocenters. The molecular weight excluding hydrogens is 400 g/mol. The Hall–Kier alpha value is -3.06. The van der Waals surface area contributed by atoms with Gasteiger partial charge in [0.05, 0.1) is 19.9 Å². The SMILES string of the molecule is COC(=O)c1c(-c2ccc(SCC(C)C)cc2)nn(-c2ccccc2)c1C(=O)OC. The van der Waals surface area contributed by atoms with Crippen LogP contribution in [0.5, 0.6) is 0 Å². The van der Waals surface area contributed by atoms with E-state index in [1.807, 2.05) is 42.5 Å². The van der Waals surface area contributed by atoms with Gasteiger partial charge in [0, 0.05) is 16.2 Å². The lowest BCUT2D eigenvalue weighted by Gasteiger charge is -2.07. The van der Waals surface area contributed by atoms with Crippen LogP contribution in [0.25, 0.3) is 16.9 Å². The second-order valence-corrected chi connectivity index (χ2v) is 8.13. The van der Waals surface area contributed by atoms with Crippen molar-refractivity contribution in [3.8, 4) is 16.9 Å². The summed E-state index contributed by atoms with van der Waals surface area (Å²) in [5, 5.41) is 4.60. The molecule has 0 amide bonds. The first-order valence-corrected chi connectivity index (χ1v) is 10.5. The Morgan fingerprint density at radius 2 is 1.60 bits per heavy atom. The average molecular weight is 425 g/mol. The highest BCUT2D eigenvalue weighted by molar-refractivity contribution is 7.99. The zero-order valence-corrected chi connectivity index (χ0v) is 18.2. The molecule has 6 nitrogen and oxygen atoms in total. The van der Waals surface area contributed by atoms with Gasteiger partial charge in [-0.2, -0.15) is 5.10 Å². The zero-order valence-electron chi connectivity index (χ0n) is 17.4. The van der Waals surface area contributed by atoms with Crippen molar-refractivity contribution in [2.24, 2.45) is 5.92 Å². The molecule has 0 radical (unpaired) electrons. The third-order valence-electron chi connectivity index (χ3n) is 4.37. The molecule has 3 aromatic rings. The Labute approximate surface area is 180 Å². The van der Waals surface area contributed by atoms with Crippen LogP contribution in [0.3, 0.4) is 0 Å². The summed E-state index contributed by atoms with van der Waals surface area (Å²) < 4.78 is 11.3. The predicted molar refractivity (Wildman–Crippen MR) is 117 cm³/mol. The summed E-state index contributed by atoms with van der Waals surface area (Å²) in [4.78, 5) is 26.4. The molecule has 0 fully saturated rings. The van der Waals surface area contributed by atoms with E-state index in [1.54, 1.807) is 23.9 Å². The summed E-state index contributed by atoms with van der Waals surface area (Å²) in [6.45, 7) is 4.35. The van der Waals surface area contributed by atoms with Gasteiger partial charge in [0.15, 0.2) is 5.69 Å². The van der Waals surface area contributed by atoms with E-state index >= 15 is 0 Å². The molecule has 0 saturated carbocycles. The average Bonchev–Trinajstić information content (AvgIpc) is 3.18. The molecular formula is C23H24N2O4S. The molecule has 1 aromatic heterocycles. The van der Waals surface area contributed by atoms with Crippen LogP contribution >= 0.6 is 11.8 Å². The maximum Gasteiger partial charge on any atom is 0.357 e. The molecule has 156 valence electrons. The minimum Gasteiger partial charge on any atom is -0.465 e. The molecule has 0 aliphatic rings. The van der Waals surface area contributed by atoms with Crippen LogP contribution in [-0.2, 0) is 9.47 Å². The maximum atomic E-state index is 12.7. The van der Waals surface area contributed by atoms with Crippen LogP contribution in [0.4, 0.5) is 0 Å². The summed E-state index contributed by atoms with van der Waals surface area (Å²) in [6, 6.07) is 16.9. The highest BCUT2D eigenvalue weighted by Gasteiger charge is 2.31. The minimum absolute atomic E-state index is 0.0313. The zero-order chi connectivity index (χ0) is 21.7. The lowest BCUT2D eigenvalue weighted by molar-refractivity contribution is 0.0549. The van der Waals surface area contributed by atoms with Gasteiger partial charge in [-0.05, 0) is 30.2 Å². The van der Waals surface area contributed by atoms with Crippen molar-refractivity contribution in [3.63, 3.8) is 0 Å². The van der Waals surface area contributed by atoms with Crippen molar-refractivity contribution < 1.29 is 19.1 Å². The largest absolute Gasteiger partial charge is 0.465 e. The lowest BCUT2D eigenvalue weighted by atomic mass is 10.1. The van der Waals surface area contributed by atoms with E-state index in [4.69, 9.17) is 9.47 Å². The molecule has 30 heavy (non-hydrogen) atoms. The van der Waals surface area contributed by atoms with Gasteiger partial charge in [0.2, 0.25) is 0 Å². The van der Waals surface area contributed by atoms with Gasteiger partial charge in [0.1, 0.15) is 11.3 Å². The van der Waals surface area contributed by atoms with Crippen molar-refractivity contribution in [1.29, 1.82) is 0 Å². The third kappa shape index (κ3) is 4.57. The number of esters is 2. The molecule has 0 saturated heterocycles. The van der Waals surface area contributed by atoms with Crippen molar-refractivity contribution >= 4 is 23.7 Å². The fourth-order valence-corrected chi connectivity index (χ4v) is 3.78. The molecule has 0 atom stereocenters. The molecule has 0 aliphatic heterocycles. The molecule has 3 rings (SSSR count). The van der Waals surface area contributed by atoms with Crippen LogP contribution < -0.4 is 0 Å². The second kappa shape index (κ2) is 9.63. The fourth-order valence-electron chi connectivity index (χ4n) is 2.93. The van der Waals surface area contributed by atoms with Gasteiger partial charge in [0.25, 0.3) is 0 Å². The number of para-hydroxylation sites is 1. The van der Waals surface area contributed by atoms with E-state index in [-0.39, 0.29) is 11.3 Å². The fraction of sp³-hybridized carbons (Fsp3) is 0.261. The maximum absolute atomic E-state index is 12.7. The third-order valence-corrected chi connectivity index (χ3v) is 5.80. The van der Waals surface area contributed by atoms with Gasteiger partial charge in [-0.1, -0.05) is 44.2 Å². The summed E-state index contributed by atoms with van der Waals surface area (Å²) in [6.07, 6.45) is 0. The molecule has 1 heterocycles. The summed E-state index contributed by atoms with van der Waals surface area (Å²) in [5.74, 6) is 0.291. The van der Waals surface area contributed by atoms with Gasteiger partial charge in [-0.15, -0.1) is 11.8 Å². The number of nitrogens with zero attached hydrogens (tertiary/aromatic N) is 2. The van der Waals surface area contributed by atoms with E-state index in [9.17, 15) is 9.59 Å². The molecule has 0 spiro atoms. The number of benzene rings is 2. The number of hydrogen-bond acceptors (Lipinski definition) is 6. The quantitative estimate of drug-likeness (QED) is 0.398. The van der Waals surface area contributed by atoms with Crippen LogP contribution in [0.15, 0.2) is 59.5 Å². The molecule has 2 aromatic carbocycles. The van der Waals surface area contributed by atoms with Crippen LogP contribution in [0, 0.1) is 5.92 Å². The van der Waals surface area contributed by atoms with E-state index in [2.05, 4.69) is 18.9 Å². The number of ether oxygens (including phenoxy) is 2. The van der Waals surface area contributed by atoms with Crippen molar-refractivity contribution in [3.05, 3.63) is 65.9 Å². The predicted octanol–water partition coefficient (Wildman–Crippen LogP) is 4.86. The molecule has 0 aliphatic carbocycles. The smallest absolute Gasteiger partial charge is 0.357 e. The summed E-state index contributed by atoms with van der Waals surface area (Å²) in [5.41, 5.74) is 1.83. The topological polar surface area (TPSA) is 70.4 Å². The molecule has 7 heteroatoms. The minimum atomic E-state index is -0.665. The van der Waals surface area contributed by atoms with Gasteiger partial charge in [-0.25, -0.2) is 14.3 Å². The van der Waals surface area contributed by atoms with E-state index in [1.165, 1.54) is 18.9 Å². The number of carbonyl (C=O) groups is 2. The van der Waals surface area contributed by atoms with E-state index < -0.39 is 11.9 Å². The molecule has 0 N–H and O–H groups in total. The molecule has 0 bridgehead atoms. The number of hydrogen-bond donors (Lipinski definition) is 0. The standard InChI is InChI=1S/C23H24N2O4S/c1-15(2)14-30-18-12-10-16(11-13-18)20-19(22(26)28-3)21(23(27)29-4)25(24-20)17-8-6-5-7-9-17/h5-13,15H,14H2,1-4H3. The number of thioether (sulfide) groups is 1. The first kappa shape index (κ1) is 21.6.